The Labute approximate surface area is 94.1 Å². The Morgan fingerprint density at radius 2 is 2.06 bits per heavy atom. The molecule has 0 atom stereocenters. The lowest BCUT2D eigenvalue weighted by atomic mass is 10.2. The molecule has 1 N–H and O–H groups in total. The molecule has 16 heavy (non-hydrogen) atoms. The lowest BCUT2D eigenvalue weighted by Gasteiger charge is -2.01. The molecule has 3 heteroatoms. The van der Waals surface area contributed by atoms with Gasteiger partial charge >= 0.3 is 0 Å². The number of aromatic nitrogens is 1. The van der Waals surface area contributed by atoms with Crippen LogP contribution in [0.25, 0.3) is 6.08 Å². The van der Waals surface area contributed by atoms with Gasteiger partial charge in [-0.3, -0.25) is 0 Å². The van der Waals surface area contributed by atoms with E-state index in [4.69, 9.17) is 0 Å². The Morgan fingerprint density at radius 3 is 2.81 bits per heavy atom. The Bertz CT molecular complexity index is 455. The van der Waals surface area contributed by atoms with Crippen LogP contribution in [0, 0.1) is 0 Å². The molecule has 1 aliphatic heterocycles. The average Bonchev–Trinajstić information content (AvgIpc) is 2.81. The van der Waals surface area contributed by atoms with Gasteiger partial charge < -0.3 is 9.73 Å². The van der Waals surface area contributed by atoms with Gasteiger partial charge in [-0.1, -0.05) is 30.4 Å². The van der Waals surface area contributed by atoms with Crippen molar-refractivity contribution in [2.24, 2.45) is 0 Å². The third-order valence-corrected chi connectivity index (χ3v) is 2.03. The maximum Gasteiger partial charge on any atom is 0.180 e. The van der Waals surface area contributed by atoms with Crippen LogP contribution >= 0.6 is 0 Å². The molecule has 1 aromatic carbocycles. The molecule has 0 bridgehead atoms. The lowest BCUT2D eigenvalue weighted by Crippen LogP contribution is -1.87. The highest BCUT2D eigenvalue weighted by molar-refractivity contribution is 5.69. The molecule has 0 spiro atoms. The van der Waals surface area contributed by atoms with Crippen molar-refractivity contribution in [3.63, 3.8) is 0 Å². The fraction of sp³-hybridized carbons (Fsp3) is 0. The Kier molecular flexibility index (Phi) is 3.55. The molecular weight excluding hydrogens is 200 g/mol. The Hall–Kier alpha value is -2.29. The van der Waals surface area contributed by atoms with Crippen molar-refractivity contribution in [1.82, 2.24) is 4.98 Å². The van der Waals surface area contributed by atoms with Gasteiger partial charge in [-0.05, 0) is 17.7 Å². The number of nitrogens with zero attached hydrogens (tertiary/aromatic N) is 1. The van der Waals surface area contributed by atoms with Crippen LogP contribution in [-0.4, -0.2) is 4.98 Å². The highest BCUT2D eigenvalue weighted by Crippen LogP contribution is 2.18. The van der Waals surface area contributed by atoms with E-state index in [0.717, 1.165) is 5.69 Å². The molecule has 3 nitrogen and oxygen atoms in total. The molecule has 0 radical (unpaired) electrons. The van der Waals surface area contributed by atoms with Gasteiger partial charge in [-0.25, -0.2) is 4.98 Å². The van der Waals surface area contributed by atoms with E-state index in [0.29, 0.717) is 0 Å². The van der Waals surface area contributed by atoms with E-state index in [2.05, 4.69) is 32.9 Å². The molecule has 2 heterocycles. The molecule has 0 fully saturated rings. The van der Waals surface area contributed by atoms with E-state index >= 15 is 0 Å². The van der Waals surface area contributed by atoms with Crippen molar-refractivity contribution in [2.45, 2.75) is 0 Å². The zero-order chi connectivity index (χ0) is 11.1. The maximum absolute atomic E-state index is 4.47. The van der Waals surface area contributed by atoms with Crippen LogP contribution in [-0.2, 0) is 0 Å². The first-order chi connectivity index (χ1) is 7.97. The zero-order valence-electron chi connectivity index (χ0n) is 8.71. The number of fused-ring (bicyclic) bond motifs is 1. The standard InChI is InChI=1S/C10H9N.C3H3NO/c1-2-7-10-9(5-1)6-3-4-8-11-10;1-2-5-3-4-1/h1-8,11H;1-3H. The number of hydrogen-bond donors (Lipinski definition) is 1. The summed E-state index contributed by atoms with van der Waals surface area (Å²) in [4.78, 5) is 3.56. The highest BCUT2D eigenvalue weighted by atomic mass is 16.3. The lowest BCUT2D eigenvalue weighted by molar-refractivity contribution is 0.558. The summed E-state index contributed by atoms with van der Waals surface area (Å²) in [5.41, 5.74) is 2.40. The Morgan fingerprint density at radius 1 is 1.12 bits per heavy atom. The second-order valence-electron chi connectivity index (χ2n) is 3.13. The van der Waals surface area contributed by atoms with E-state index in [9.17, 15) is 0 Å². The predicted molar refractivity (Wildman–Crippen MR) is 64.7 cm³/mol. The number of oxazole rings is 1. The van der Waals surface area contributed by atoms with Crippen molar-refractivity contribution >= 4 is 11.8 Å². The van der Waals surface area contributed by atoms with Crippen LogP contribution in [0.4, 0.5) is 5.69 Å². The summed E-state index contributed by atoms with van der Waals surface area (Å²) < 4.78 is 4.47. The molecule has 3 rings (SSSR count). The predicted octanol–water partition coefficient (Wildman–Crippen LogP) is 3.31. The summed E-state index contributed by atoms with van der Waals surface area (Å²) in [6.45, 7) is 0. The van der Waals surface area contributed by atoms with E-state index in [1.807, 2.05) is 30.5 Å². The van der Waals surface area contributed by atoms with E-state index in [-0.39, 0.29) is 0 Å². The molecule has 0 unspecified atom stereocenters. The zero-order valence-corrected chi connectivity index (χ0v) is 8.71. The number of allylic oxidation sites excluding steroid dienone is 2. The van der Waals surface area contributed by atoms with Crippen molar-refractivity contribution in [1.29, 1.82) is 0 Å². The normalized spacial score (nSPS) is 11.8. The van der Waals surface area contributed by atoms with Gasteiger partial charge in [0, 0.05) is 11.9 Å². The molecule has 80 valence electrons. The van der Waals surface area contributed by atoms with Crippen LogP contribution in [0.1, 0.15) is 5.56 Å². The summed E-state index contributed by atoms with van der Waals surface area (Å²) >= 11 is 0. The molecule has 0 saturated carbocycles. The first-order valence-electron chi connectivity index (χ1n) is 4.98. The number of anilines is 1. The van der Waals surface area contributed by atoms with Crippen LogP contribution in [0.5, 0.6) is 0 Å². The van der Waals surface area contributed by atoms with Gasteiger partial charge in [0.05, 0.1) is 6.20 Å². The quantitative estimate of drug-likeness (QED) is 0.728. The summed E-state index contributed by atoms with van der Waals surface area (Å²) in [5, 5.41) is 3.18. The number of para-hydroxylation sites is 1. The molecule has 0 aliphatic carbocycles. The maximum atomic E-state index is 4.47. The van der Waals surface area contributed by atoms with Crippen molar-refractivity contribution in [2.75, 3.05) is 5.32 Å². The second kappa shape index (κ2) is 5.56. The molecule has 2 aromatic rings. The minimum absolute atomic E-state index is 1.16. The fourth-order valence-corrected chi connectivity index (χ4v) is 1.30. The van der Waals surface area contributed by atoms with Crippen molar-refractivity contribution < 1.29 is 4.42 Å². The molecule has 0 saturated heterocycles. The van der Waals surface area contributed by atoms with Gasteiger partial charge in [0.1, 0.15) is 6.26 Å². The van der Waals surface area contributed by atoms with Crippen LogP contribution < -0.4 is 5.32 Å². The smallest absolute Gasteiger partial charge is 0.180 e. The SMILES string of the molecule is C1=CNc2ccccc2C=C1.c1cocn1. The first-order valence-corrected chi connectivity index (χ1v) is 4.98. The van der Waals surface area contributed by atoms with Crippen LogP contribution in [0.15, 0.2) is 65.9 Å². The van der Waals surface area contributed by atoms with Crippen molar-refractivity contribution in [3.05, 3.63) is 67.0 Å². The van der Waals surface area contributed by atoms with E-state index < -0.39 is 0 Å². The minimum Gasteiger partial charge on any atom is -0.452 e. The van der Waals surface area contributed by atoms with Gasteiger partial charge in [0.25, 0.3) is 0 Å². The van der Waals surface area contributed by atoms with Crippen LogP contribution in [0.2, 0.25) is 0 Å². The van der Waals surface area contributed by atoms with Crippen molar-refractivity contribution in [3.8, 4) is 0 Å². The number of hydrogen-bond acceptors (Lipinski definition) is 3. The molecular formula is C13H12N2O. The van der Waals surface area contributed by atoms with E-state index in [1.165, 1.54) is 18.2 Å². The third-order valence-electron chi connectivity index (χ3n) is 2.03. The first kappa shape index (κ1) is 10.2. The summed E-state index contributed by atoms with van der Waals surface area (Å²) in [5.74, 6) is 0. The monoisotopic (exact) mass is 212 g/mol. The number of rotatable bonds is 0. The summed E-state index contributed by atoms with van der Waals surface area (Å²) in [6.07, 6.45) is 12.5. The Balaban J connectivity index is 0.000000162. The fourth-order valence-electron chi connectivity index (χ4n) is 1.30. The third kappa shape index (κ3) is 2.85. The topological polar surface area (TPSA) is 38.1 Å². The van der Waals surface area contributed by atoms with E-state index in [1.54, 1.807) is 6.20 Å². The van der Waals surface area contributed by atoms with Gasteiger partial charge in [-0.15, -0.1) is 0 Å². The van der Waals surface area contributed by atoms with Gasteiger partial charge in [0.15, 0.2) is 6.39 Å². The average molecular weight is 212 g/mol. The summed E-state index contributed by atoms with van der Waals surface area (Å²) in [7, 11) is 0. The number of nitrogens with one attached hydrogen (secondary N) is 1. The molecule has 1 aliphatic rings. The van der Waals surface area contributed by atoms with Gasteiger partial charge in [-0.2, -0.15) is 0 Å². The second-order valence-corrected chi connectivity index (χ2v) is 3.13. The minimum atomic E-state index is 1.16. The summed E-state index contributed by atoms with van der Waals surface area (Å²) in [6, 6.07) is 8.22. The number of benzene rings is 1. The molecule has 0 amide bonds. The highest BCUT2D eigenvalue weighted by Gasteiger charge is 1.95. The largest absolute Gasteiger partial charge is 0.452 e. The van der Waals surface area contributed by atoms with Gasteiger partial charge in [0.2, 0.25) is 0 Å². The molecule has 1 aromatic heterocycles. The van der Waals surface area contributed by atoms with Crippen LogP contribution in [0.3, 0.4) is 0 Å².